The Hall–Kier alpha value is -2.50. The summed E-state index contributed by atoms with van der Waals surface area (Å²) in [6, 6.07) is 1.82. The van der Waals surface area contributed by atoms with Crippen LogP contribution in [-0.2, 0) is 0 Å². The lowest BCUT2D eigenvalue weighted by atomic mass is 10.3. The summed E-state index contributed by atoms with van der Waals surface area (Å²) >= 11 is 0. The molecule has 0 saturated carbocycles. The number of anilines is 2. The number of carbonyl (C=O) groups excluding carboxylic acids is 1. The lowest BCUT2D eigenvalue weighted by Crippen LogP contribution is -2.14. The first-order valence-electron chi connectivity index (χ1n) is 4.95. The van der Waals surface area contributed by atoms with Crippen molar-refractivity contribution in [3.05, 3.63) is 42.1 Å². The van der Waals surface area contributed by atoms with Crippen LogP contribution in [0, 0.1) is 6.92 Å². The van der Waals surface area contributed by atoms with Crippen molar-refractivity contribution >= 4 is 17.4 Å². The summed E-state index contributed by atoms with van der Waals surface area (Å²) < 4.78 is 0. The van der Waals surface area contributed by atoms with E-state index < -0.39 is 0 Å². The van der Waals surface area contributed by atoms with E-state index in [1.165, 1.54) is 12.4 Å². The molecule has 2 aromatic heterocycles. The van der Waals surface area contributed by atoms with Gasteiger partial charge in [0.2, 0.25) is 0 Å². The molecule has 6 heteroatoms. The van der Waals surface area contributed by atoms with Crippen LogP contribution < -0.4 is 11.1 Å². The zero-order valence-corrected chi connectivity index (χ0v) is 9.21. The minimum atomic E-state index is -0.343. The van der Waals surface area contributed by atoms with Crippen LogP contribution in [0.15, 0.2) is 30.9 Å². The van der Waals surface area contributed by atoms with E-state index >= 15 is 0 Å². The maximum atomic E-state index is 11.8. The molecular weight excluding hydrogens is 218 g/mol. The third-order valence-electron chi connectivity index (χ3n) is 2.04. The molecular formula is C11H11N5O. The second-order valence-electron chi connectivity index (χ2n) is 3.53. The molecule has 0 bridgehead atoms. The van der Waals surface area contributed by atoms with Crippen LogP contribution in [0.4, 0.5) is 11.5 Å². The number of aryl methyl sites for hydroxylation is 1. The number of carbonyl (C=O) groups is 1. The number of hydrogen-bond acceptors (Lipinski definition) is 5. The van der Waals surface area contributed by atoms with Gasteiger partial charge in [-0.1, -0.05) is 0 Å². The quantitative estimate of drug-likeness (QED) is 0.801. The lowest BCUT2D eigenvalue weighted by molar-refractivity contribution is 0.102. The van der Waals surface area contributed by atoms with Gasteiger partial charge >= 0.3 is 0 Å². The van der Waals surface area contributed by atoms with Gasteiger partial charge in [-0.05, 0) is 18.6 Å². The largest absolute Gasteiger partial charge is 0.382 e. The second kappa shape index (κ2) is 4.56. The predicted molar refractivity (Wildman–Crippen MR) is 63.4 cm³/mol. The van der Waals surface area contributed by atoms with E-state index in [0.29, 0.717) is 5.69 Å². The van der Waals surface area contributed by atoms with Gasteiger partial charge in [0.1, 0.15) is 11.5 Å². The highest BCUT2D eigenvalue weighted by Crippen LogP contribution is 2.08. The van der Waals surface area contributed by atoms with Gasteiger partial charge < -0.3 is 11.1 Å². The predicted octanol–water partition coefficient (Wildman–Crippen LogP) is 1.01. The van der Waals surface area contributed by atoms with Crippen LogP contribution in [0.5, 0.6) is 0 Å². The normalized spacial score (nSPS) is 9.94. The summed E-state index contributed by atoms with van der Waals surface area (Å²) in [5, 5.41) is 2.67. The Bertz CT molecular complexity index is 538. The van der Waals surface area contributed by atoms with Crippen LogP contribution in [0.1, 0.15) is 16.1 Å². The summed E-state index contributed by atoms with van der Waals surface area (Å²) in [5.41, 5.74) is 7.18. The highest BCUT2D eigenvalue weighted by Gasteiger charge is 2.08. The minimum absolute atomic E-state index is 0.209. The van der Waals surface area contributed by atoms with Gasteiger partial charge in [-0.15, -0.1) is 0 Å². The molecule has 86 valence electrons. The van der Waals surface area contributed by atoms with E-state index in [1.54, 1.807) is 12.4 Å². The molecule has 1 amide bonds. The van der Waals surface area contributed by atoms with Crippen molar-refractivity contribution in [1.82, 2.24) is 15.0 Å². The van der Waals surface area contributed by atoms with E-state index in [9.17, 15) is 4.79 Å². The monoisotopic (exact) mass is 229 g/mol. The maximum absolute atomic E-state index is 11.8. The number of nitrogens with one attached hydrogen (secondary N) is 1. The van der Waals surface area contributed by atoms with Crippen molar-refractivity contribution in [1.29, 1.82) is 0 Å². The average Bonchev–Trinajstić information content (AvgIpc) is 2.29. The van der Waals surface area contributed by atoms with Crippen LogP contribution >= 0.6 is 0 Å². The molecule has 17 heavy (non-hydrogen) atoms. The summed E-state index contributed by atoms with van der Waals surface area (Å²) in [6.07, 6.45) is 5.94. The van der Waals surface area contributed by atoms with Crippen molar-refractivity contribution in [2.24, 2.45) is 0 Å². The molecule has 6 nitrogen and oxygen atoms in total. The molecule has 0 radical (unpaired) electrons. The fraction of sp³-hybridized carbons (Fsp3) is 0.0909. The van der Waals surface area contributed by atoms with Crippen LogP contribution in [0.3, 0.4) is 0 Å². The number of amides is 1. The van der Waals surface area contributed by atoms with Gasteiger partial charge in [0.25, 0.3) is 5.91 Å². The Morgan fingerprint density at radius 3 is 2.71 bits per heavy atom. The Kier molecular flexibility index (Phi) is 2.95. The molecule has 0 aliphatic carbocycles. The van der Waals surface area contributed by atoms with E-state index in [2.05, 4.69) is 20.3 Å². The Morgan fingerprint density at radius 1 is 1.24 bits per heavy atom. The second-order valence-corrected chi connectivity index (χ2v) is 3.53. The SMILES string of the molecule is Cc1cncc(NC(=O)c2cnc(N)cn2)c1. The number of nitrogens with two attached hydrogens (primary N) is 1. The van der Waals surface area contributed by atoms with Gasteiger partial charge in [-0.25, -0.2) is 9.97 Å². The number of nitrogen functional groups attached to an aromatic ring is 1. The van der Waals surface area contributed by atoms with Crippen molar-refractivity contribution in [2.45, 2.75) is 6.92 Å². The molecule has 3 N–H and O–H groups in total. The summed E-state index contributed by atoms with van der Waals surface area (Å²) in [7, 11) is 0. The van der Waals surface area contributed by atoms with Crippen LogP contribution in [0.2, 0.25) is 0 Å². The maximum Gasteiger partial charge on any atom is 0.275 e. The molecule has 0 saturated heterocycles. The average molecular weight is 229 g/mol. The smallest absolute Gasteiger partial charge is 0.275 e. The molecule has 0 aliphatic heterocycles. The standard InChI is InChI=1S/C11H11N5O/c1-7-2-8(4-13-3-7)16-11(17)9-5-15-10(12)6-14-9/h2-6H,1H3,(H2,12,15)(H,16,17). The molecule has 0 aromatic carbocycles. The molecule has 0 atom stereocenters. The Balaban J connectivity index is 2.14. The molecule has 2 heterocycles. The van der Waals surface area contributed by atoms with Crippen molar-refractivity contribution in [2.75, 3.05) is 11.1 Å². The molecule has 0 spiro atoms. The van der Waals surface area contributed by atoms with Gasteiger partial charge in [0.15, 0.2) is 0 Å². The minimum Gasteiger partial charge on any atom is -0.382 e. The first-order valence-corrected chi connectivity index (χ1v) is 4.95. The highest BCUT2D eigenvalue weighted by molar-refractivity contribution is 6.02. The first kappa shape index (κ1) is 11.0. The number of aromatic nitrogens is 3. The number of hydrogen-bond donors (Lipinski definition) is 2. The van der Waals surface area contributed by atoms with Gasteiger partial charge in [0, 0.05) is 6.20 Å². The van der Waals surface area contributed by atoms with Gasteiger partial charge in [-0.2, -0.15) is 0 Å². The first-order chi connectivity index (χ1) is 8.15. The number of nitrogens with zero attached hydrogens (tertiary/aromatic N) is 3. The molecule has 2 rings (SSSR count). The van der Waals surface area contributed by atoms with E-state index in [-0.39, 0.29) is 17.4 Å². The fourth-order valence-corrected chi connectivity index (χ4v) is 1.27. The Labute approximate surface area is 97.9 Å². The third-order valence-corrected chi connectivity index (χ3v) is 2.04. The van der Waals surface area contributed by atoms with Crippen molar-refractivity contribution in [3.63, 3.8) is 0 Å². The number of pyridine rings is 1. The lowest BCUT2D eigenvalue weighted by Gasteiger charge is -2.04. The molecule has 0 unspecified atom stereocenters. The summed E-state index contributed by atoms with van der Waals surface area (Å²) in [5.74, 6) is -0.0660. The zero-order valence-electron chi connectivity index (χ0n) is 9.21. The molecule has 0 fully saturated rings. The summed E-state index contributed by atoms with van der Waals surface area (Å²) in [6.45, 7) is 1.89. The van der Waals surface area contributed by atoms with Crippen LogP contribution in [-0.4, -0.2) is 20.9 Å². The highest BCUT2D eigenvalue weighted by atomic mass is 16.1. The van der Waals surface area contributed by atoms with Crippen molar-refractivity contribution in [3.8, 4) is 0 Å². The van der Waals surface area contributed by atoms with E-state index in [4.69, 9.17) is 5.73 Å². The Morgan fingerprint density at radius 2 is 2.06 bits per heavy atom. The zero-order chi connectivity index (χ0) is 12.3. The number of rotatable bonds is 2. The fourth-order valence-electron chi connectivity index (χ4n) is 1.27. The molecule has 2 aromatic rings. The van der Waals surface area contributed by atoms with Crippen LogP contribution in [0.25, 0.3) is 0 Å². The molecule has 0 aliphatic rings. The van der Waals surface area contributed by atoms with Crippen molar-refractivity contribution < 1.29 is 4.79 Å². The van der Waals surface area contributed by atoms with Gasteiger partial charge in [-0.3, -0.25) is 9.78 Å². The topological polar surface area (TPSA) is 93.8 Å². The van der Waals surface area contributed by atoms with E-state index in [1.807, 2.05) is 13.0 Å². The third kappa shape index (κ3) is 2.75. The summed E-state index contributed by atoms with van der Waals surface area (Å²) in [4.78, 5) is 23.4. The van der Waals surface area contributed by atoms with E-state index in [0.717, 1.165) is 5.56 Å². The van der Waals surface area contributed by atoms with Gasteiger partial charge in [0.05, 0.1) is 24.3 Å².